The summed E-state index contributed by atoms with van der Waals surface area (Å²) >= 11 is 0. The number of nitrogens with zero attached hydrogens (tertiary/aromatic N) is 6. The van der Waals surface area contributed by atoms with Crippen molar-refractivity contribution in [2.45, 2.75) is 6.42 Å². The lowest BCUT2D eigenvalue weighted by molar-refractivity contribution is -0.120. The van der Waals surface area contributed by atoms with E-state index in [1.165, 1.54) is 0 Å². The molecule has 152 valence electrons. The maximum atomic E-state index is 12.5. The molecule has 0 amide bonds. The highest BCUT2D eigenvalue weighted by molar-refractivity contribution is 5.85. The van der Waals surface area contributed by atoms with Crippen LogP contribution >= 0.6 is 0 Å². The van der Waals surface area contributed by atoms with Gasteiger partial charge in [-0.2, -0.15) is 5.10 Å². The van der Waals surface area contributed by atoms with Crippen LogP contribution in [0.15, 0.2) is 36.8 Å². The number of benzene rings is 1. The van der Waals surface area contributed by atoms with Crippen LogP contribution in [0.4, 0.5) is 4.39 Å². The summed E-state index contributed by atoms with van der Waals surface area (Å²) in [5.41, 5.74) is 2.88. The number of piperazine rings is 1. The lowest BCUT2D eigenvalue weighted by Crippen LogP contribution is -2.48. The summed E-state index contributed by atoms with van der Waals surface area (Å²) < 4.78 is 14.2. The number of ketones is 1. The predicted molar refractivity (Wildman–Crippen MR) is 109 cm³/mol. The minimum absolute atomic E-state index is 0.103. The van der Waals surface area contributed by atoms with Gasteiger partial charge in [0.2, 0.25) is 0 Å². The fraction of sp³-hybridized carbons (Fsp3) is 0.429. The van der Waals surface area contributed by atoms with Crippen molar-refractivity contribution in [1.29, 1.82) is 0 Å². The van der Waals surface area contributed by atoms with Crippen LogP contribution in [0.5, 0.6) is 0 Å². The molecule has 0 bridgehead atoms. The van der Waals surface area contributed by atoms with E-state index in [1.807, 2.05) is 37.6 Å². The van der Waals surface area contributed by atoms with Crippen LogP contribution in [0, 0.1) is 0 Å². The van der Waals surface area contributed by atoms with Gasteiger partial charge in [0.1, 0.15) is 12.5 Å². The van der Waals surface area contributed by atoms with Gasteiger partial charge in [-0.1, -0.05) is 12.1 Å². The summed E-state index contributed by atoms with van der Waals surface area (Å²) in [6, 6.07) is 6.02. The van der Waals surface area contributed by atoms with E-state index in [-0.39, 0.29) is 18.9 Å². The van der Waals surface area contributed by atoms with Gasteiger partial charge in [-0.05, 0) is 11.6 Å². The first-order valence-electron chi connectivity index (χ1n) is 9.88. The van der Waals surface area contributed by atoms with E-state index >= 15 is 0 Å². The first-order valence-corrected chi connectivity index (χ1v) is 9.88. The molecule has 7 nitrogen and oxygen atoms in total. The lowest BCUT2D eigenvalue weighted by Gasteiger charge is -2.33. The molecule has 0 spiro atoms. The third-order valence-electron chi connectivity index (χ3n) is 5.29. The van der Waals surface area contributed by atoms with Crippen molar-refractivity contribution < 1.29 is 9.18 Å². The average molecular weight is 396 g/mol. The van der Waals surface area contributed by atoms with Crippen LogP contribution in [0.3, 0.4) is 0 Å². The number of halogens is 1. The van der Waals surface area contributed by atoms with Gasteiger partial charge in [0.25, 0.3) is 0 Å². The van der Waals surface area contributed by atoms with Gasteiger partial charge in [0, 0.05) is 63.1 Å². The standard InChI is InChI=1S/C21H25FN6O/c1-26-14-18(13-24-26)16-2-3-17-12-23-21(25-20(17)10-16)11-19(29)15-28-8-6-27(5-4-22)7-9-28/h2-3,10,12-14H,4-9,11,15H2,1H3. The van der Waals surface area contributed by atoms with Gasteiger partial charge in [-0.15, -0.1) is 0 Å². The van der Waals surface area contributed by atoms with E-state index in [4.69, 9.17) is 0 Å². The summed E-state index contributed by atoms with van der Waals surface area (Å²) in [6.07, 6.45) is 5.77. The minimum Gasteiger partial charge on any atom is -0.298 e. The number of rotatable bonds is 7. The monoisotopic (exact) mass is 396 g/mol. The Morgan fingerprint density at radius 3 is 2.62 bits per heavy atom. The van der Waals surface area contributed by atoms with E-state index in [0.29, 0.717) is 18.9 Å². The molecule has 8 heteroatoms. The molecule has 3 aromatic rings. The van der Waals surface area contributed by atoms with Gasteiger partial charge in [0.15, 0.2) is 5.78 Å². The Morgan fingerprint density at radius 1 is 1.10 bits per heavy atom. The fourth-order valence-electron chi connectivity index (χ4n) is 3.67. The molecule has 0 unspecified atom stereocenters. The molecule has 0 aliphatic carbocycles. The summed E-state index contributed by atoms with van der Waals surface area (Å²) in [6.45, 7) is 3.74. The van der Waals surface area contributed by atoms with Crippen LogP contribution in [0.25, 0.3) is 22.0 Å². The Morgan fingerprint density at radius 2 is 1.90 bits per heavy atom. The first kappa shape index (κ1) is 19.6. The fourth-order valence-corrected chi connectivity index (χ4v) is 3.67. The van der Waals surface area contributed by atoms with E-state index < -0.39 is 0 Å². The summed E-state index contributed by atoms with van der Waals surface area (Å²) in [4.78, 5) is 25.7. The summed E-state index contributed by atoms with van der Waals surface area (Å²) in [5.74, 6) is 0.647. The van der Waals surface area contributed by atoms with E-state index in [2.05, 4.69) is 24.9 Å². The second kappa shape index (κ2) is 8.75. The first-order chi connectivity index (χ1) is 14.1. The molecule has 1 aromatic carbocycles. The number of aryl methyl sites for hydroxylation is 1. The molecule has 2 aromatic heterocycles. The number of hydrogen-bond donors (Lipinski definition) is 0. The van der Waals surface area contributed by atoms with Crippen molar-refractivity contribution >= 4 is 16.7 Å². The van der Waals surface area contributed by atoms with Crippen LogP contribution in [-0.2, 0) is 18.3 Å². The van der Waals surface area contributed by atoms with Gasteiger partial charge in [0.05, 0.1) is 24.7 Å². The Balaban J connectivity index is 1.40. The van der Waals surface area contributed by atoms with Crippen molar-refractivity contribution in [3.05, 3.63) is 42.6 Å². The number of carbonyl (C=O) groups excluding carboxylic acids is 1. The van der Waals surface area contributed by atoms with Crippen molar-refractivity contribution in [3.8, 4) is 11.1 Å². The molecular formula is C21H25FN6O. The Bertz CT molecular complexity index is 996. The molecule has 4 rings (SSSR count). The highest BCUT2D eigenvalue weighted by Crippen LogP contribution is 2.22. The molecule has 0 N–H and O–H groups in total. The van der Waals surface area contributed by atoms with Gasteiger partial charge in [-0.25, -0.2) is 14.4 Å². The Labute approximate surface area is 169 Å². The number of Topliss-reactive ketones (excluding diaryl/α,β-unsaturated/α-hetero) is 1. The molecule has 0 saturated carbocycles. The summed E-state index contributed by atoms with van der Waals surface area (Å²) in [7, 11) is 1.89. The number of hydrogen-bond acceptors (Lipinski definition) is 6. The van der Waals surface area contributed by atoms with Crippen molar-refractivity contribution in [1.82, 2.24) is 29.5 Å². The zero-order chi connectivity index (χ0) is 20.2. The zero-order valence-corrected chi connectivity index (χ0v) is 16.6. The predicted octanol–water partition coefficient (Wildman–Crippen LogP) is 1.73. The van der Waals surface area contributed by atoms with Crippen molar-refractivity contribution in [2.75, 3.05) is 45.9 Å². The molecule has 1 aliphatic heterocycles. The molecule has 1 aliphatic rings. The number of alkyl halides is 1. The SMILES string of the molecule is Cn1cc(-c2ccc3cnc(CC(=O)CN4CCN(CCF)CC4)nc3c2)cn1. The van der Waals surface area contributed by atoms with E-state index in [0.717, 1.165) is 48.2 Å². The number of aromatic nitrogens is 4. The largest absolute Gasteiger partial charge is 0.298 e. The third kappa shape index (κ3) is 4.83. The van der Waals surface area contributed by atoms with Crippen molar-refractivity contribution in [2.24, 2.45) is 7.05 Å². The quantitative estimate of drug-likeness (QED) is 0.606. The smallest absolute Gasteiger partial charge is 0.154 e. The normalized spacial score (nSPS) is 15.8. The molecular weight excluding hydrogens is 371 g/mol. The minimum atomic E-state index is -0.319. The second-order valence-electron chi connectivity index (χ2n) is 7.48. The van der Waals surface area contributed by atoms with E-state index in [9.17, 15) is 9.18 Å². The number of fused-ring (bicyclic) bond motifs is 1. The van der Waals surface area contributed by atoms with Crippen molar-refractivity contribution in [3.63, 3.8) is 0 Å². The third-order valence-corrected chi connectivity index (χ3v) is 5.29. The van der Waals surface area contributed by atoms with Crippen LogP contribution in [-0.4, -0.2) is 81.3 Å². The second-order valence-corrected chi connectivity index (χ2v) is 7.48. The maximum Gasteiger partial charge on any atom is 0.154 e. The van der Waals surface area contributed by atoms with Gasteiger partial charge < -0.3 is 0 Å². The molecule has 29 heavy (non-hydrogen) atoms. The number of carbonyl (C=O) groups is 1. The topological polar surface area (TPSA) is 67.2 Å². The maximum absolute atomic E-state index is 12.5. The van der Waals surface area contributed by atoms with E-state index in [1.54, 1.807) is 10.9 Å². The van der Waals surface area contributed by atoms with Gasteiger partial charge in [-0.3, -0.25) is 19.3 Å². The summed E-state index contributed by atoms with van der Waals surface area (Å²) in [5, 5.41) is 5.16. The van der Waals surface area contributed by atoms with Crippen LogP contribution < -0.4 is 0 Å². The Hall–Kier alpha value is -2.71. The van der Waals surface area contributed by atoms with Gasteiger partial charge >= 0.3 is 0 Å². The molecule has 0 atom stereocenters. The lowest BCUT2D eigenvalue weighted by atomic mass is 10.1. The average Bonchev–Trinajstić information content (AvgIpc) is 3.15. The van der Waals surface area contributed by atoms with Crippen LogP contribution in [0.1, 0.15) is 5.82 Å². The highest BCUT2D eigenvalue weighted by Gasteiger charge is 2.19. The molecule has 0 radical (unpaired) electrons. The Kier molecular flexibility index (Phi) is 5.92. The molecule has 3 heterocycles. The molecule has 1 fully saturated rings. The van der Waals surface area contributed by atoms with Crippen LogP contribution in [0.2, 0.25) is 0 Å². The zero-order valence-electron chi connectivity index (χ0n) is 16.6. The molecule has 1 saturated heterocycles. The highest BCUT2D eigenvalue weighted by atomic mass is 19.1.